The summed E-state index contributed by atoms with van der Waals surface area (Å²) in [5, 5.41) is 11.5. The highest BCUT2D eigenvalue weighted by atomic mass is 19.3. The molecule has 2 amide bonds. The average molecular weight is 523 g/mol. The van der Waals surface area contributed by atoms with Gasteiger partial charge >= 0.3 is 0 Å². The molecule has 0 saturated carbocycles. The molecule has 200 valence electrons. The van der Waals surface area contributed by atoms with E-state index in [4.69, 9.17) is 0 Å². The molecule has 0 spiro atoms. The van der Waals surface area contributed by atoms with Crippen LogP contribution in [0.4, 0.5) is 17.6 Å². The predicted molar refractivity (Wildman–Crippen MR) is 130 cm³/mol. The van der Waals surface area contributed by atoms with Crippen LogP contribution in [0.2, 0.25) is 0 Å². The number of hydrogen-bond donors (Lipinski definition) is 2. The normalized spacial score (nSPS) is 23.6. The van der Waals surface area contributed by atoms with E-state index in [2.05, 4.69) is 20.7 Å². The summed E-state index contributed by atoms with van der Waals surface area (Å²) >= 11 is 0. The molecule has 0 radical (unpaired) electrons. The topological polar surface area (TPSA) is 89.4 Å². The average Bonchev–Trinajstić information content (AvgIpc) is 3.12. The number of fused-ring (bicyclic) bond motifs is 1. The number of hydrazone groups is 1. The highest BCUT2D eigenvalue weighted by molar-refractivity contribution is 6.25. The molecule has 3 aliphatic rings. The Morgan fingerprint density at radius 1 is 1.22 bits per heavy atom. The summed E-state index contributed by atoms with van der Waals surface area (Å²) in [4.78, 5) is 31.1. The molecule has 12 heteroatoms. The van der Waals surface area contributed by atoms with Gasteiger partial charge in [-0.1, -0.05) is 18.2 Å². The highest BCUT2D eigenvalue weighted by Crippen LogP contribution is 2.30. The van der Waals surface area contributed by atoms with Crippen LogP contribution in [0.3, 0.4) is 0 Å². The Morgan fingerprint density at radius 3 is 2.57 bits per heavy atom. The monoisotopic (exact) mass is 522 g/mol. The Morgan fingerprint density at radius 2 is 1.92 bits per heavy atom. The second kappa shape index (κ2) is 10.1. The number of benzene rings is 1. The van der Waals surface area contributed by atoms with Gasteiger partial charge in [-0.05, 0) is 33.3 Å². The van der Waals surface area contributed by atoms with Gasteiger partial charge in [0.2, 0.25) is 5.91 Å². The number of amidine groups is 2. The van der Waals surface area contributed by atoms with Crippen molar-refractivity contribution in [3.05, 3.63) is 46.8 Å². The molecule has 1 aromatic carbocycles. The SMILES string of the molecule is CC(=O)N[C@@H]1CCN(C2=NN3CC(C)(C)N=C3C(C(=O)N[C@H](C)c3cccc(C(F)F)c3F)=C2)C[C@@H]1F. The third-order valence-electron chi connectivity index (χ3n) is 6.53. The van der Waals surface area contributed by atoms with E-state index in [0.29, 0.717) is 31.2 Å². The standard InChI is InChI=1S/C25H30F4N6O2/c1-13(15-6-5-7-16(21(15)27)22(28)29)30-24(37)17-10-20(33-35-12-25(3,4)32-23(17)35)34-9-8-19(18(26)11-34)31-14(2)36/h5-7,10,13,18-19,22H,8-9,11-12H2,1-4H3,(H,30,37)(H,31,36)/t13-,18+,19-/m1/s1. The van der Waals surface area contributed by atoms with E-state index < -0.39 is 47.5 Å². The van der Waals surface area contributed by atoms with Crippen molar-refractivity contribution < 1.29 is 27.2 Å². The first-order valence-electron chi connectivity index (χ1n) is 12.1. The quantitative estimate of drug-likeness (QED) is 0.582. The molecule has 0 aliphatic carbocycles. The number of carbonyl (C=O) groups is 2. The number of halogens is 4. The summed E-state index contributed by atoms with van der Waals surface area (Å²) < 4.78 is 55.8. The molecular weight excluding hydrogens is 492 g/mol. The highest BCUT2D eigenvalue weighted by Gasteiger charge is 2.40. The van der Waals surface area contributed by atoms with Crippen LogP contribution in [-0.4, -0.2) is 70.8 Å². The zero-order chi connectivity index (χ0) is 27.1. The number of hydrogen-bond acceptors (Lipinski definition) is 6. The van der Waals surface area contributed by atoms with Crippen molar-refractivity contribution in [2.24, 2.45) is 10.1 Å². The Balaban J connectivity index is 1.58. The number of aliphatic imine (C=N–C) groups is 1. The van der Waals surface area contributed by atoms with Gasteiger partial charge in [0.1, 0.15) is 17.8 Å². The van der Waals surface area contributed by atoms with Crippen LogP contribution in [0.25, 0.3) is 0 Å². The van der Waals surface area contributed by atoms with Gasteiger partial charge in [-0.2, -0.15) is 5.10 Å². The molecule has 3 aliphatic heterocycles. The van der Waals surface area contributed by atoms with Crippen LogP contribution in [-0.2, 0) is 9.59 Å². The van der Waals surface area contributed by atoms with Crippen molar-refractivity contribution in [2.75, 3.05) is 19.6 Å². The number of nitrogens with zero attached hydrogens (tertiary/aromatic N) is 4. The van der Waals surface area contributed by atoms with Gasteiger partial charge in [0.05, 0.1) is 41.8 Å². The maximum absolute atomic E-state index is 14.8. The molecule has 4 rings (SSSR count). The molecule has 3 heterocycles. The van der Waals surface area contributed by atoms with Gasteiger partial charge in [0.25, 0.3) is 12.3 Å². The van der Waals surface area contributed by atoms with Crippen LogP contribution in [0.15, 0.2) is 39.9 Å². The van der Waals surface area contributed by atoms with E-state index in [9.17, 15) is 27.2 Å². The first kappa shape index (κ1) is 26.6. The fourth-order valence-corrected chi connectivity index (χ4v) is 4.73. The third-order valence-corrected chi connectivity index (χ3v) is 6.53. The minimum Gasteiger partial charge on any atom is -0.352 e. The number of amides is 2. The molecule has 2 N–H and O–H groups in total. The van der Waals surface area contributed by atoms with Crippen LogP contribution < -0.4 is 10.6 Å². The first-order valence-corrected chi connectivity index (χ1v) is 12.1. The maximum atomic E-state index is 14.8. The fraction of sp³-hybridized carbons (Fsp3) is 0.520. The molecule has 37 heavy (non-hydrogen) atoms. The summed E-state index contributed by atoms with van der Waals surface area (Å²) in [6.45, 7) is 7.37. The number of piperidine rings is 1. The van der Waals surface area contributed by atoms with Gasteiger partial charge in [-0.25, -0.2) is 22.6 Å². The van der Waals surface area contributed by atoms with Crippen LogP contribution in [0.5, 0.6) is 0 Å². The van der Waals surface area contributed by atoms with Crippen molar-refractivity contribution in [1.29, 1.82) is 0 Å². The Bertz CT molecular complexity index is 1180. The molecule has 0 bridgehead atoms. The first-order chi connectivity index (χ1) is 17.4. The van der Waals surface area contributed by atoms with Gasteiger partial charge in [-0.3, -0.25) is 14.6 Å². The predicted octanol–water partition coefficient (Wildman–Crippen LogP) is 3.24. The number of nitrogens with one attached hydrogen (secondary N) is 2. The number of rotatable bonds is 5. The van der Waals surface area contributed by atoms with Gasteiger partial charge < -0.3 is 15.5 Å². The van der Waals surface area contributed by atoms with E-state index in [1.54, 1.807) is 9.91 Å². The summed E-state index contributed by atoms with van der Waals surface area (Å²) in [6, 6.07) is 2.15. The fourth-order valence-electron chi connectivity index (χ4n) is 4.73. The summed E-state index contributed by atoms with van der Waals surface area (Å²) in [7, 11) is 0. The molecule has 1 aromatic rings. The zero-order valence-corrected chi connectivity index (χ0v) is 21.1. The largest absolute Gasteiger partial charge is 0.352 e. The lowest BCUT2D eigenvalue weighted by Gasteiger charge is -2.37. The summed E-state index contributed by atoms with van der Waals surface area (Å²) in [6.07, 6.45) is -2.45. The minimum atomic E-state index is -2.99. The van der Waals surface area contributed by atoms with Gasteiger partial charge in [0, 0.05) is 19.0 Å². The molecule has 8 nitrogen and oxygen atoms in total. The number of alkyl halides is 3. The molecule has 0 aromatic heterocycles. The summed E-state index contributed by atoms with van der Waals surface area (Å²) in [5.74, 6) is -1.27. The van der Waals surface area contributed by atoms with Crippen molar-refractivity contribution >= 4 is 23.5 Å². The lowest BCUT2D eigenvalue weighted by molar-refractivity contribution is -0.120. The Labute approximate surface area is 212 Å². The van der Waals surface area contributed by atoms with Crippen molar-refractivity contribution in [2.45, 2.75) is 64.3 Å². The Kier molecular flexibility index (Phi) is 7.29. The molecular formula is C25H30F4N6O2. The van der Waals surface area contributed by atoms with Crippen molar-refractivity contribution in [1.82, 2.24) is 20.5 Å². The van der Waals surface area contributed by atoms with Gasteiger partial charge in [0.15, 0.2) is 5.84 Å². The second-order valence-corrected chi connectivity index (χ2v) is 10.1. The lowest BCUT2D eigenvalue weighted by atomic mass is 10.0. The van der Waals surface area contributed by atoms with Crippen LogP contribution >= 0.6 is 0 Å². The molecule has 3 atom stereocenters. The minimum absolute atomic E-state index is 0.0269. The van der Waals surface area contributed by atoms with Crippen LogP contribution in [0.1, 0.15) is 57.7 Å². The Hall–Kier alpha value is -3.44. The maximum Gasteiger partial charge on any atom is 0.266 e. The van der Waals surface area contributed by atoms with Crippen LogP contribution in [0, 0.1) is 5.82 Å². The van der Waals surface area contributed by atoms with E-state index in [1.807, 2.05) is 13.8 Å². The van der Waals surface area contributed by atoms with E-state index in [1.165, 1.54) is 32.1 Å². The molecule has 0 unspecified atom stereocenters. The number of likely N-dealkylation sites (tertiary alicyclic amines) is 1. The van der Waals surface area contributed by atoms with Crippen molar-refractivity contribution in [3.63, 3.8) is 0 Å². The second-order valence-electron chi connectivity index (χ2n) is 10.1. The van der Waals surface area contributed by atoms with Gasteiger partial charge in [-0.15, -0.1) is 0 Å². The lowest BCUT2D eigenvalue weighted by Crippen LogP contribution is -2.54. The van der Waals surface area contributed by atoms with E-state index >= 15 is 0 Å². The number of carbonyl (C=O) groups excluding carboxylic acids is 2. The van der Waals surface area contributed by atoms with E-state index in [0.717, 1.165) is 6.07 Å². The van der Waals surface area contributed by atoms with E-state index in [-0.39, 0.29) is 23.6 Å². The third kappa shape index (κ3) is 5.62. The summed E-state index contributed by atoms with van der Waals surface area (Å²) in [5.41, 5.74) is -1.19. The molecule has 1 fully saturated rings. The smallest absolute Gasteiger partial charge is 0.266 e. The molecule has 1 saturated heterocycles. The zero-order valence-electron chi connectivity index (χ0n) is 21.1. The van der Waals surface area contributed by atoms with Crippen molar-refractivity contribution in [3.8, 4) is 0 Å².